The van der Waals surface area contributed by atoms with Gasteiger partial charge in [-0.15, -0.1) is 0 Å². The molecule has 1 aliphatic heterocycles. The van der Waals surface area contributed by atoms with E-state index >= 15 is 0 Å². The predicted molar refractivity (Wildman–Crippen MR) is 65.8 cm³/mol. The van der Waals surface area contributed by atoms with Gasteiger partial charge in [-0.25, -0.2) is 0 Å². The molecule has 1 rings (SSSR count). The fraction of sp³-hybridized carbons (Fsp3) is 0.786. The fourth-order valence-corrected chi connectivity index (χ4v) is 2.15. The third-order valence-electron chi connectivity index (χ3n) is 3.57. The first kappa shape index (κ1) is 13.3. The van der Waals surface area contributed by atoms with Crippen LogP contribution in [-0.4, -0.2) is 12.7 Å². The number of ether oxygens (including phenoxy) is 1. The van der Waals surface area contributed by atoms with E-state index in [2.05, 4.69) is 39.0 Å². The Bertz CT molecular complexity index is 266. The summed E-state index contributed by atoms with van der Waals surface area (Å²) in [6.45, 7) is 7.48. The third-order valence-corrected chi connectivity index (χ3v) is 3.57. The van der Waals surface area contributed by atoms with E-state index in [-0.39, 0.29) is 6.10 Å². The Hall–Kier alpha value is -0.810. The van der Waals surface area contributed by atoms with E-state index in [1.807, 2.05) is 0 Å². The van der Waals surface area contributed by atoms with Gasteiger partial charge in [0.25, 0.3) is 0 Å². The largest absolute Gasteiger partial charge is 0.374 e. The number of hydrogen-bond donors (Lipinski definition) is 0. The molecule has 0 aromatic carbocycles. The Morgan fingerprint density at radius 3 is 2.94 bits per heavy atom. The average Bonchev–Trinajstić information content (AvgIpc) is 2.64. The van der Waals surface area contributed by atoms with E-state index in [1.54, 1.807) is 0 Å². The van der Waals surface area contributed by atoms with Gasteiger partial charge >= 0.3 is 0 Å². The summed E-state index contributed by atoms with van der Waals surface area (Å²) in [4.78, 5) is 0. The number of hydrogen-bond acceptors (Lipinski definition) is 2. The molecule has 4 atom stereocenters. The summed E-state index contributed by atoms with van der Waals surface area (Å²) < 4.78 is 5.77. The van der Waals surface area contributed by atoms with Gasteiger partial charge in [-0.1, -0.05) is 39.3 Å². The molecule has 1 fully saturated rings. The van der Waals surface area contributed by atoms with Crippen molar-refractivity contribution in [2.45, 2.75) is 46.1 Å². The van der Waals surface area contributed by atoms with E-state index in [4.69, 9.17) is 10.00 Å². The van der Waals surface area contributed by atoms with Crippen molar-refractivity contribution in [2.75, 3.05) is 6.61 Å². The molecule has 0 N–H and O–H groups in total. The number of nitrogens with zero attached hydrogens (tertiary/aromatic N) is 1. The van der Waals surface area contributed by atoms with Crippen molar-refractivity contribution < 1.29 is 4.74 Å². The normalized spacial score (nSPS) is 31.8. The summed E-state index contributed by atoms with van der Waals surface area (Å²) >= 11 is 0. The molecule has 4 unspecified atom stereocenters. The van der Waals surface area contributed by atoms with Crippen LogP contribution in [0.3, 0.4) is 0 Å². The highest BCUT2D eigenvalue weighted by molar-refractivity contribution is 4.99. The molecule has 0 saturated carbocycles. The van der Waals surface area contributed by atoms with Gasteiger partial charge in [-0.05, 0) is 24.2 Å². The van der Waals surface area contributed by atoms with Crippen LogP contribution in [0.2, 0.25) is 0 Å². The van der Waals surface area contributed by atoms with Crippen LogP contribution in [-0.2, 0) is 4.74 Å². The van der Waals surface area contributed by atoms with Gasteiger partial charge in [0.1, 0.15) is 0 Å². The SMILES string of the molecule is CCC(C)/C=C/C1OCC(C)C1CCC#N. The molecule has 0 aliphatic carbocycles. The molecule has 0 bridgehead atoms. The van der Waals surface area contributed by atoms with Crippen molar-refractivity contribution in [3.05, 3.63) is 12.2 Å². The lowest BCUT2D eigenvalue weighted by Crippen LogP contribution is -2.17. The minimum absolute atomic E-state index is 0.234. The second kappa shape index (κ2) is 6.70. The quantitative estimate of drug-likeness (QED) is 0.665. The molecule has 2 nitrogen and oxygen atoms in total. The molecule has 0 aromatic rings. The van der Waals surface area contributed by atoms with Gasteiger partial charge < -0.3 is 4.74 Å². The Kier molecular flexibility index (Phi) is 5.55. The van der Waals surface area contributed by atoms with Gasteiger partial charge in [0.05, 0.1) is 18.8 Å². The Morgan fingerprint density at radius 2 is 2.31 bits per heavy atom. The Balaban J connectivity index is 2.51. The number of nitriles is 1. The lowest BCUT2D eigenvalue weighted by atomic mass is 9.87. The van der Waals surface area contributed by atoms with Crippen LogP contribution in [0, 0.1) is 29.1 Å². The summed E-state index contributed by atoms with van der Waals surface area (Å²) in [6.07, 6.45) is 7.47. The predicted octanol–water partition coefficient (Wildman–Crippen LogP) is 3.54. The van der Waals surface area contributed by atoms with Crippen LogP contribution in [0.1, 0.15) is 40.0 Å². The lowest BCUT2D eigenvalue weighted by Gasteiger charge is -2.17. The molecule has 1 aliphatic rings. The molecule has 0 amide bonds. The van der Waals surface area contributed by atoms with E-state index in [1.165, 1.54) is 6.42 Å². The van der Waals surface area contributed by atoms with Crippen LogP contribution < -0.4 is 0 Å². The first-order valence-corrected chi connectivity index (χ1v) is 6.35. The van der Waals surface area contributed by atoms with Crippen molar-refractivity contribution in [2.24, 2.45) is 17.8 Å². The van der Waals surface area contributed by atoms with Crippen molar-refractivity contribution >= 4 is 0 Å². The van der Waals surface area contributed by atoms with Gasteiger partial charge in [-0.2, -0.15) is 5.26 Å². The molecule has 2 heteroatoms. The summed E-state index contributed by atoms with van der Waals surface area (Å²) in [5.41, 5.74) is 0. The van der Waals surface area contributed by atoms with Crippen molar-refractivity contribution in [1.82, 2.24) is 0 Å². The Morgan fingerprint density at radius 1 is 1.56 bits per heavy atom. The first-order chi connectivity index (χ1) is 7.69. The van der Waals surface area contributed by atoms with E-state index in [9.17, 15) is 0 Å². The van der Waals surface area contributed by atoms with Crippen LogP contribution in [0.25, 0.3) is 0 Å². The van der Waals surface area contributed by atoms with Crippen molar-refractivity contribution in [3.8, 4) is 6.07 Å². The maximum atomic E-state index is 8.65. The van der Waals surface area contributed by atoms with Crippen LogP contribution >= 0.6 is 0 Å². The zero-order valence-electron chi connectivity index (χ0n) is 10.6. The molecule has 0 spiro atoms. The molecule has 1 heterocycles. The smallest absolute Gasteiger partial charge is 0.0787 e. The molecule has 0 aromatic heterocycles. The maximum absolute atomic E-state index is 8.65. The van der Waals surface area contributed by atoms with Gasteiger partial charge in [0, 0.05) is 6.42 Å². The monoisotopic (exact) mass is 221 g/mol. The van der Waals surface area contributed by atoms with Crippen molar-refractivity contribution in [1.29, 1.82) is 5.26 Å². The second-order valence-electron chi connectivity index (χ2n) is 4.91. The van der Waals surface area contributed by atoms with E-state index < -0.39 is 0 Å². The standard InChI is InChI=1S/C14H23NO/c1-4-11(2)7-8-14-13(6-5-9-15)12(3)10-16-14/h7-8,11-14H,4-6,10H2,1-3H3/b8-7+. The zero-order valence-corrected chi connectivity index (χ0v) is 10.6. The van der Waals surface area contributed by atoms with E-state index in [0.29, 0.717) is 24.2 Å². The lowest BCUT2D eigenvalue weighted by molar-refractivity contribution is 0.124. The molecular formula is C14H23NO. The van der Waals surface area contributed by atoms with Gasteiger partial charge in [0.15, 0.2) is 0 Å². The van der Waals surface area contributed by atoms with Crippen LogP contribution in [0.15, 0.2) is 12.2 Å². The van der Waals surface area contributed by atoms with E-state index in [0.717, 1.165) is 13.0 Å². The highest BCUT2D eigenvalue weighted by atomic mass is 16.5. The second-order valence-corrected chi connectivity index (χ2v) is 4.91. The highest BCUT2D eigenvalue weighted by Crippen LogP contribution is 2.31. The molecule has 1 saturated heterocycles. The van der Waals surface area contributed by atoms with Gasteiger partial charge in [-0.3, -0.25) is 0 Å². The van der Waals surface area contributed by atoms with Crippen LogP contribution in [0.4, 0.5) is 0 Å². The molecule has 16 heavy (non-hydrogen) atoms. The topological polar surface area (TPSA) is 33.0 Å². The summed E-state index contributed by atoms with van der Waals surface area (Å²) in [6, 6.07) is 2.23. The Labute approximate surface area is 99.3 Å². The van der Waals surface area contributed by atoms with Gasteiger partial charge in [0.2, 0.25) is 0 Å². The molecule has 0 radical (unpaired) electrons. The molecule has 90 valence electrons. The van der Waals surface area contributed by atoms with Crippen LogP contribution in [0.5, 0.6) is 0 Å². The summed E-state index contributed by atoms with van der Waals surface area (Å²) in [5.74, 6) is 1.73. The molecular weight excluding hydrogens is 198 g/mol. The highest BCUT2D eigenvalue weighted by Gasteiger charge is 2.32. The number of rotatable bonds is 5. The zero-order chi connectivity index (χ0) is 12.0. The average molecular weight is 221 g/mol. The minimum Gasteiger partial charge on any atom is -0.374 e. The minimum atomic E-state index is 0.234. The van der Waals surface area contributed by atoms with Crippen molar-refractivity contribution in [3.63, 3.8) is 0 Å². The summed E-state index contributed by atoms with van der Waals surface area (Å²) in [5, 5.41) is 8.65. The third kappa shape index (κ3) is 3.64. The fourth-order valence-electron chi connectivity index (χ4n) is 2.15. The number of allylic oxidation sites excluding steroid dienone is 1. The summed E-state index contributed by atoms with van der Waals surface area (Å²) in [7, 11) is 0. The maximum Gasteiger partial charge on any atom is 0.0787 e. The first-order valence-electron chi connectivity index (χ1n) is 6.35.